The molecule has 0 radical (unpaired) electrons. The summed E-state index contributed by atoms with van der Waals surface area (Å²) in [5.41, 5.74) is 2.03. The fraction of sp³-hybridized carbons (Fsp3) is 0.333. The molecule has 2 nitrogen and oxygen atoms in total. The van der Waals surface area contributed by atoms with Crippen molar-refractivity contribution >= 4 is 22.6 Å². The van der Waals surface area contributed by atoms with E-state index in [1.165, 1.54) is 5.56 Å². The minimum atomic E-state index is 0.474. The Morgan fingerprint density at radius 2 is 2.20 bits per heavy atom. The van der Waals surface area contributed by atoms with Crippen molar-refractivity contribution in [2.45, 2.75) is 26.4 Å². The molecule has 0 aliphatic rings. The van der Waals surface area contributed by atoms with Crippen LogP contribution in [0.3, 0.4) is 0 Å². The third-order valence-electron chi connectivity index (χ3n) is 2.32. The molecule has 0 bridgehead atoms. The van der Waals surface area contributed by atoms with Crippen LogP contribution in [0.15, 0.2) is 28.9 Å². The van der Waals surface area contributed by atoms with E-state index in [2.05, 4.69) is 19.2 Å². The average Bonchev–Trinajstić information content (AvgIpc) is 2.57. The predicted molar refractivity (Wildman–Crippen MR) is 63.2 cm³/mol. The monoisotopic (exact) mass is 223 g/mol. The first-order valence-corrected chi connectivity index (χ1v) is 5.43. The zero-order valence-electron chi connectivity index (χ0n) is 8.88. The van der Waals surface area contributed by atoms with Crippen molar-refractivity contribution in [3.63, 3.8) is 0 Å². The maximum Gasteiger partial charge on any atom is 0.135 e. The van der Waals surface area contributed by atoms with Gasteiger partial charge in [-0.2, -0.15) is 0 Å². The van der Waals surface area contributed by atoms with Gasteiger partial charge in [0, 0.05) is 28.6 Å². The Balaban J connectivity index is 2.29. The van der Waals surface area contributed by atoms with Gasteiger partial charge in [-0.05, 0) is 18.2 Å². The van der Waals surface area contributed by atoms with Crippen LogP contribution >= 0.6 is 11.6 Å². The SMILES string of the molecule is CC(C)NCc1coc2cc(Cl)ccc12. The Kier molecular flexibility index (Phi) is 2.98. The molecule has 1 heterocycles. The van der Waals surface area contributed by atoms with E-state index in [4.69, 9.17) is 16.0 Å². The van der Waals surface area contributed by atoms with Crippen LogP contribution in [0.2, 0.25) is 5.02 Å². The summed E-state index contributed by atoms with van der Waals surface area (Å²) in [5, 5.41) is 5.20. The van der Waals surface area contributed by atoms with Crippen LogP contribution in [-0.2, 0) is 6.54 Å². The van der Waals surface area contributed by atoms with Crippen molar-refractivity contribution in [2.75, 3.05) is 0 Å². The Bertz CT molecular complexity index is 462. The van der Waals surface area contributed by atoms with E-state index < -0.39 is 0 Å². The van der Waals surface area contributed by atoms with Gasteiger partial charge in [-0.1, -0.05) is 25.4 Å². The fourth-order valence-electron chi connectivity index (χ4n) is 1.51. The van der Waals surface area contributed by atoms with Gasteiger partial charge >= 0.3 is 0 Å². The lowest BCUT2D eigenvalue weighted by Gasteiger charge is -2.05. The third-order valence-corrected chi connectivity index (χ3v) is 2.55. The van der Waals surface area contributed by atoms with Crippen LogP contribution in [0.4, 0.5) is 0 Å². The molecule has 1 N–H and O–H groups in total. The molecule has 15 heavy (non-hydrogen) atoms. The van der Waals surface area contributed by atoms with E-state index >= 15 is 0 Å². The summed E-state index contributed by atoms with van der Waals surface area (Å²) in [7, 11) is 0. The molecular weight excluding hydrogens is 210 g/mol. The van der Waals surface area contributed by atoms with Crippen molar-refractivity contribution < 1.29 is 4.42 Å². The number of furan rings is 1. The largest absolute Gasteiger partial charge is 0.464 e. The van der Waals surface area contributed by atoms with Gasteiger partial charge in [-0.3, -0.25) is 0 Å². The van der Waals surface area contributed by atoms with Crippen LogP contribution in [0, 0.1) is 0 Å². The van der Waals surface area contributed by atoms with Crippen molar-refractivity contribution in [1.29, 1.82) is 0 Å². The van der Waals surface area contributed by atoms with E-state index in [0.717, 1.165) is 17.5 Å². The smallest absolute Gasteiger partial charge is 0.135 e. The fourth-order valence-corrected chi connectivity index (χ4v) is 1.67. The summed E-state index contributed by atoms with van der Waals surface area (Å²) in [6, 6.07) is 6.20. The van der Waals surface area contributed by atoms with E-state index in [1.54, 1.807) is 6.26 Å². The number of hydrogen-bond donors (Lipinski definition) is 1. The summed E-state index contributed by atoms with van der Waals surface area (Å²) in [6.45, 7) is 5.07. The highest BCUT2D eigenvalue weighted by molar-refractivity contribution is 6.31. The van der Waals surface area contributed by atoms with Crippen LogP contribution in [0.5, 0.6) is 0 Å². The molecule has 0 spiro atoms. The lowest BCUT2D eigenvalue weighted by Crippen LogP contribution is -2.21. The van der Waals surface area contributed by atoms with Crippen molar-refractivity contribution in [2.24, 2.45) is 0 Å². The van der Waals surface area contributed by atoms with Gasteiger partial charge in [0.25, 0.3) is 0 Å². The minimum Gasteiger partial charge on any atom is -0.464 e. The molecule has 3 heteroatoms. The van der Waals surface area contributed by atoms with Crippen LogP contribution < -0.4 is 5.32 Å². The first-order valence-electron chi connectivity index (χ1n) is 5.06. The van der Waals surface area contributed by atoms with Gasteiger partial charge in [0.05, 0.1) is 6.26 Å². The molecule has 0 fully saturated rings. The van der Waals surface area contributed by atoms with Crippen molar-refractivity contribution in [3.8, 4) is 0 Å². The van der Waals surface area contributed by atoms with Gasteiger partial charge in [0.1, 0.15) is 5.58 Å². The summed E-state index contributed by atoms with van der Waals surface area (Å²) >= 11 is 5.88. The maximum absolute atomic E-state index is 5.88. The first-order chi connectivity index (χ1) is 7.16. The molecular formula is C12H14ClNO. The number of benzene rings is 1. The highest BCUT2D eigenvalue weighted by Gasteiger charge is 2.06. The Morgan fingerprint density at radius 3 is 2.93 bits per heavy atom. The lowest BCUT2D eigenvalue weighted by atomic mass is 10.2. The van der Waals surface area contributed by atoms with E-state index in [0.29, 0.717) is 11.1 Å². The second kappa shape index (κ2) is 4.25. The molecule has 2 rings (SSSR count). The number of halogens is 1. The Morgan fingerprint density at radius 1 is 1.40 bits per heavy atom. The van der Waals surface area contributed by atoms with E-state index in [-0.39, 0.29) is 0 Å². The number of rotatable bonds is 3. The highest BCUT2D eigenvalue weighted by atomic mass is 35.5. The van der Waals surface area contributed by atoms with Crippen LogP contribution in [-0.4, -0.2) is 6.04 Å². The summed E-state index contributed by atoms with van der Waals surface area (Å²) < 4.78 is 5.44. The van der Waals surface area contributed by atoms with Gasteiger partial charge in [-0.25, -0.2) is 0 Å². The molecule has 0 aliphatic carbocycles. The third kappa shape index (κ3) is 2.33. The quantitative estimate of drug-likeness (QED) is 0.861. The Labute approximate surface area is 94.2 Å². The van der Waals surface area contributed by atoms with E-state index in [9.17, 15) is 0 Å². The first kappa shape index (κ1) is 10.5. The molecule has 80 valence electrons. The normalized spacial score (nSPS) is 11.5. The molecule has 1 aromatic carbocycles. The molecule has 0 saturated carbocycles. The zero-order valence-corrected chi connectivity index (χ0v) is 9.64. The molecule has 1 aromatic heterocycles. The second-order valence-corrected chi connectivity index (χ2v) is 4.37. The number of nitrogens with one attached hydrogen (secondary N) is 1. The van der Waals surface area contributed by atoms with E-state index in [1.807, 2.05) is 18.2 Å². The predicted octanol–water partition coefficient (Wildman–Crippen LogP) is 3.58. The molecule has 0 unspecified atom stereocenters. The molecule has 2 aromatic rings. The Hall–Kier alpha value is -0.990. The van der Waals surface area contributed by atoms with Gasteiger partial charge in [-0.15, -0.1) is 0 Å². The summed E-state index contributed by atoms with van der Waals surface area (Å²) in [5.74, 6) is 0. The molecule has 0 atom stereocenters. The zero-order chi connectivity index (χ0) is 10.8. The van der Waals surface area contributed by atoms with Crippen LogP contribution in [0.1, 0.15) is 19.4 Å². The van der Waals surface area contributed by atoms with Gasteiger partial charge in [0.15, 0.2) is 0 Å². The molecule has 0 aliphatic heterocycles. The topological polar surface area (TPSA) is 25.2 Å². The summed E-state index contributed by atoms with van der Waals surface area (Å²) in [6.07, 6.45) is 1.79. The number of fused-ring (bicyclic) bond motifs is 1. The number of hydrogen-bond acceptors (Lipinski definition) is 2. The van der Waals surface area contributed by atoms with Crippen LogP contribution in [0.25, 0.3) is 11.0 Å². The molecule has 0 amide bonds. The van der Waals surface area contributed by atoms with Gasteiger partial charge < -0.3 is 9.73 Å². The summed E-state index contributed by atoms with van der Waals surface area (Å²) in [4.78, 5) is 0. The minimum absolute atomic E-state index is 0.474. The maximum atomic E-state index is 5.88. The van der Waals surface area contributed by atoms with Gasteiger partial charge in [0.2, 0.25) is 0 Å². The highest BCUT2D eigenvalue weighted by Crippen LogP contribution is 2.24. The molecule has 0 saturated heterocycles. The van der Waals surface area contributed by atoms with Crippen molar-refractivity contribution in [3.05, 3.63) is 35.0 Å². The second-order valence-electron chi connectivity index (χ2n) is 3.94. The van der Waals surface area contributed by atoms with Crippen molar-refractivity contribution in [1.82, 2.24) is 5.32 Å². The standard InChI is InChI=1S/C12H14ClNO/c1-8(2)14-6-9-7-15-12-5-10(13)3-4-11(9)12/h3-5,7-8,14H,6H2,1-2H3. The average molecular weight is 224 g/mol. The lowest BCUT2D eigenvalue weighted by molar-refractivity contribution is 0.572.